The number of aromatic nitrogens is 1. The van der Waals surface area contributed by atoms with Gasteiger partial charge in [0.15, 0.2) is 5.13 Å². The van der Waals surface area contributed by atoms with Crippen molar-refractivity contribution in [2.45, 2.75) is 13.3 Å². The molecule has 0 bridgehead atoms. The first-order valence-corrected chi connectivity index (χ1v) is 12.2. The second-order valence-electron chi connectivity index (χ2n) is 7.42. The van der Waals surface area contributed by atoms with E-state index in [9.17, 15) is 4.79 Å². The largest absolute Gasteiger partial charge is 0.492 e. The number of para-hydroxylation sites is 1. The van der Waals surface area contributed by atoms with Gasteiger partial charge in [-0.15, -0.1) is 0 Å². The summed E-state index contributed by atoms with van der Waals surface area (Å²) in [5.74, 6) is 0.531. The molecule has 1 saturated heterocycles. The summed E-state index contributed by atoms with van der Waals surface area (Å²) in [6, 6.07) is 10.8. The maximum atomic E-state index is 13.5. The summed E-state index contributed by atoms with van der Waals surface area (Å²) in [4.78, 5) is 22.4. The van der Waals surface area contributed by atoms with Gasteiger partial charge in [-0.3, -0.25) is 14.6 Å². The number of hydrogen-bond acceptors (Lipinski definition) is 6. The summed E-state index contributed by atoms with van der Waals surface area (Å²) in [6.07, 6.45) is 0.811. The molecule has 1 aliphatic heterocycles. The molecule has 0 atom stereocenters. The Morgan fingerprint density at radius 3 is 2.81 bits per heavy atom. The van der Waals surface area contributed by atoms with Gasteiger partial charge in [-0.05, 0) is 43.7 Å². The summed E-state index contributed by atoms with van der Waals surface area (Å²) in [7, 11) is 0. The number of benzene rings is 2. The van der Waals surface area contributed by atoms with Crippen LogP contribution in [0.25, 0.3) is 10.2 Å². The lowest BCUT2D eigenvalue weighted by atomic mass is 10.2. The van der Waals surface area contributed by atoms with E-state index in [1.54, 1.807) is 23.1 Å². The fourth-order valence-electron chi connectivity index (χ4n) is 3.67. The van der Waals surface area contributed by atoms with Gasteiger partial charge in [0.25, 0.3) is 5.91 Å². The SMILES string of the molecule is CCOc1cccc2sc(N(CCCN3CCOCC3)C(=O)c3ccc(Cl)cc3Cl)nc12. The molecule has 9 heteroatoms. The molecule has 170 valence electrons. The van der Waals surface area contributed by atoms with Gasteiger partial charge in [0.05, 0.1) is 35.1 Å². The molecule has 3 aromatic rings. The number of fused-ring (bicyclic) bond motifs is 1. The zero-order chi connectivity index (χ0) is 22.5. The van der Waals surface area contributed by atoms with Gasteiger partial charge in [-0.25, -0.2) is 4.98 Å². The van der Waals surface area contributed by atoms with E-state index in [4.69, 9.17) is 37.7 Å². The third kappa shape index (κ3) is 5.35. The highest BCUT2D eigenvalue weighted by molar-refractivity contribution is 7.22. The predicted molar refractivity (Wildman–Crippen MR) is 131 cm³/mol. The Bertz CT molecular complexity index is 1090. The Morgan fingerprint density at radius 2 is 2.06 bits per heavy atom. The van der Waals surface area contributed by atoms with Gasteiger partial charge in [0.2, 0.25) is 0 Å². The van der Waals surface area contributed by atoms with E-state index in [2.05, 4.69) is 4.90 Å². The van der Waals surface area contributed by atoms with Crippen LogP contribution in [0.3, 0.4) is 0 Å². The number of rotatable bonds is 8. The second-order valence-corrected chi connectivity index (χ2v) is 9.27. The maximum absolute atomic E-state index is 13.5. The number of ether oxygens (including phenoxy) is 2. The Kier molecular flexibility index (Phi) is 7.86. The summed E-state index contributed by atoms with van der Waals surface area (Å²) >= 11 is 13.9. The number of anilines is 1. The summed E-state index contributed by atoms with van der Waals surface area (Å²) in [6.45, 7) is 7.23. The molecule has 0 spiro atoms. The zero-order valence-corrected chi connectivity index (χ0v) is 20.2. The molecule has 2 heterocycles. The number of morpholine rings is 1. The number of halogens is 2. The Hall–Kier alpha value is -1.90. The van der Waals surface area contributed by atoms with Crippen molar-refractivity contribution in [3.05, 3.63) is 52.0 Å². The first-order chi connectivity index (χ1) is 15.6. The standard InChI is InChI=1S/C23H25Cl2N3O3S/c1-2-31-19-5-3-6-20-21(19)26-23(32-20)28(10-4-9-27-11-13-30-14-12-27)22(29)17-8-7-16(24)15-18(17)25/h3,5-8,15H,2,4,9-14H2,1H3. The average Bonchev–Trinajstić information content (AvgIpc) is 3.22. The maximum Gasteiger partial charge on any atom is 0.261 e. The van der Waals surface area contributed by atoms with E-state index in [0.29, 0.717) is 33.9 Å². The molecule has 6 nitrogen and oxygen atoms in total. The van der Waals surface area contributed by atoms with Crippen LogP contribution in [-0.4, -0.2) is 61.8 Å². The first kappa shape index (κ1) is 23.3. The fourth-order valence-corrected chi connectivity index (χ4v) is 5.17. The van der Waals surface area contributed by atoms with Crippen molar-refractivity contribution < 1.29 is 14.3 Å². The molecule has 2 aromatic carbocycles. The number of amides is 1. The summed E-state index contributed by atoms with van der Waals surface area (Å²) in [5.41, 5.74) is 1.18. The molecule has 32 heavy (non-hydrogen) atoms. The van der Waals surface area contributed by atoms with Crippen molar-refractivity contribution >= 4 is 55.8 Å². The Balaban J connectivity index is 1.62. The van der Waals surface area contributed by atoms with Crippen molar-refractivity contribution in [2.24, 2.45) is 0 Å². The van der Waals surface area contributed by atoms with Crippen molar-refractivity contribution in [1.82, 2.24) is 9.88 Å². The number of carbonyl (C=O) groups excluding carboxylic acids is 1. The smallest absolute Gasteiger partial charge is 0.261 e. The average molecular weight is 494 g/mol. The first-order valence-electron chi connectivity index (χ1n) is 10.7. The third-order valence-electron chi connectivity index (χ3n) is 5.27. The van der Waals surface area contributed by atoms with Gasteiger partial charge in [-0.1, -0.05) is 40.6 Å². The lowest BCUT2D eigenvalue weighted by Crippen LogP contribution is -2.39. The van der Waals surface area contributed by atoms with Gasteiger partial charge in [0.1, 0.15) is 11.3 Å². The second kappa shape index (κ2) is 10.8. The molecule has 1 aromatic heterocycles. The minimum Gasteiger partial charge on any atom is -0.492 e. The van der Waals surface area contributed by atoms with Crippen LogP contribution in [0.1, 0.15) is 23.7 Å². The van der Waals surface area contributed by atoms with Crippen molar-refractivity contribution in [1.29, 1.82) is 0 Å². The highest BCUT2D eigenvalue weighted by atomic mass is 35.5. The number of nitrogens with zero attached hydrogens (tertiary/aromatic N) is 3. The predicted octanol–water partition coefficient (Wildman–Crippen LogP) is 5.37. The molecule has 1 fully saturated rings. The van der Waals surface area contributed by atoms with Crippen LogP contribution < -0.4 is 9.64 Å². The minimum absolute atomic E-state index is 0.189. The zero-order valence-electron chi connectivity index (χ0n) is 17.9. The summed E-state index contributed by atoms with van der Waals surface area (Å²) < 4.78 is 12.1. The van der Waals surface area contributed by atoms with E-state index in [1.165, 1.54) is 11.3 Å². The number of hydrogen-bond donors (Lipinski definition) is 0. The Labute approximate surface area is 201 Å². The normalized spacial score (nSPS) is 14.6. The molecule has 0 unspecified atom stereocenters. The number of carbonyl (C=O) groups is 1. The highest BCUT2D eigenvalue weighted by Gasteiger charge is 2.24. The lowest BCUT2D eigenvalue weighted by molar-refractivity contribution is 0.0376. The van der Waals surface area contributed by atoms with Crippen LogP contribution in [0.15, 0.2) is 36.4 Å². The van der Waals surface area contributed by atoms with Crippen molar-refractivity contribution in [3.8, 4) is 5.75 Å². The van der Waals surface area contributed by atoms with E-state index >= 15 is 0 Å². The van der Waals surface area contributed by atoms with E-state index in [1.807, 2.05) is 25.1 Å². The van der Waals surface area contributed by atoms with Crippen LogP contribution in [0, 0.1) is 0 Å². The fraction of sp³-hybridized carbons (Fsp3) is 0.391. The number of thiazole rings is 1. The summed E-state index contributed by atoms with van der Waals surface area (Å²) in [5, 5.41) is 1.45. The molecule has 0 N–H and O–H groups in total. The highest BCUT2D eigenvalue weighted by Crippen LogP contribution is 2.35. The van der Waals surface area contributed by atoms with Gasteiger partial charge in [-0.2, -0.15) is 0 Å². The molecule has 0 saturated carbocycles. The molecule has 1 amide bonds. The van der Waals surface area contributed by atoms with Gasteiger partial charge < -0.3 is 9.47 Å². The van der Waals surface area contributed by atoms with Crippen LogP contribution in [-0.2, 0) is 4.74 Å². The molecule has 0 radical (unpaired) electrons. The molecular formula is C23H25Cl2N3O3S. The van der Waals surface area contributed by atoms with Crippen LogP contribution >= 0.6 is 34.5 Å². The van der Waals surface area contributed by atoms with E-state index in [-0.39, 0.29) is 5.91 Å². The quantitative estimate of drug-likeness (QED) is 0.422. The van der Waals surface area contributed by atoms with Crippen molar-refractivity contribution in [3.63, 3.8) is 0 Å². The van der Waals surface area contributed by atoms with Gasteiger partial charge in [0, 0.05) is 31.2 Å². The molecule has 0 aliphatic carbocycles. The van der Waals surface area contributed by atoms with E-state index in [0.717, 1.165) is 55.2 Å². The van der Waals surface area contributed by atoms with Crippen LogP contribution in [0.5, 0.6) is 5.75 Å². The van der Waals surface area contributed by atoms with Crippen LogP contribution in [0.2, 0.25) is 10.0 Å². The topological polar surface area (TPSA) is 54.9 Å². The van der Waals surface area contributed by atoms with Crippen LogP contribution in [0.4, 0.5) is 5.13 Å². The Morgan fingerprint density at radius 1 is 1.25 bits per heavy atom. The third-order valence-corrected chi connectivity index (χ3v) is 6.86. The molecule has 1 aliphatic rings. The molecule has 4 rings (SSSR count). The van der Waals surface area contributed by atoms with Crippen molar-refractivity contribution in [2.75, 3.05) is 50.9 Å². The minimum atomic E-state index is -0.189. The molecular weight excluding hydrogens is 469 g/mol. The lowest BCUT2D eigenvalue weighted by Gasteiger charge is -2.27. The van der Waals surface area contributed by atoms with Gasteiger partial charge >= 0.3 is 0 Å². The monoisotopic (exact) mass is 493 g/mol. The van der Waals surface area contributed by atoms with E-state index < -0.39 is 0 Å².